The number of hydrogen-bond donors (Lipinski definition) is 1. The zero-order valence-electron chi connectivity index (χ0n) is 24.5. The molecule has 3 aromatic rings. The van der Waals surface area contributed by atoms with Gasteiger partial charge < -0.3 is 10.2 Å². The van der Waals surface area contributed by atoms with Crippen molar-refractivity contribution in [3.8, 4) is 0 Å². The number of nitrogens with one attached hydrogen (secondary N) is 1. The molecule has 2 amide bonds. The molecule has 1 N–H and O–H groups in total. The van der Waals surface area contributed by atoms with E-state index in [9.17, 15) is 18.0 Å². The van der Waals surface area contributed by atoms with E-state index in [2.05, 4.69) is 5.32 Å². The summed E-state index contributed by atoms with van der Waals surface area (Å²) in [5.41, 5.74) is 3.87. The summed E-state index contributed by atoms with van der Waals surface area (Å²) in [6.07, 6.45) is 4.44. The average Bonchev–Trinajstić information content (AvgIpc) is 3.46. The average molecular weight is 576 g/mol. The third kappa shape index (κ3) is 7.36. The van der Waals surface area contributed by atoms with Crippen molar-refractivity contribution in [1.29, 1.82) is 0 Å². The molecule has 1 fully saturated rings. The van der Waals surface area contributed by atoms with Gasteiger partial charge in [-0.25, -0.2) is 8.42 Å². The second-order valence-corrected chi connectivity index (χ2v) is 12.9. The second kappa shape index (κ2) is 13.3. The molecule has 0 radical (unpaired) electrons. The number of anilines is 1. The van der Waals surface area contributed by atoms with Gasteiger partial charge in [-0.3, -0.25) is 13.9 Å². The highest BCUT2D eigenvalue weighted by molar-refractivity contribution is 7.92. The van der Waals surface area contributed by atoms with Crippen molar-refractivity contribution in [3.05, 3.63) is 95.1 Å². The second-order valence-electron chi connectivity index (χ2n) is 11.0. The monoisotopic (exact) mass is 575 g/mol. The number of nitrogens with zero attached hydrogens (tertiary/aromatic N) is 2. The molecular formula is C33H41N3O4S. The number of amides is 2. The van der Waals surface area contributed by atoms with Gasteiger partial charge in [-0.15, -0.1) is 0 Å². The number of aryl methyl sites for hydroxylation is 3. The highest BCUT2D eigenvalue weighted by atomic mass is 32.2. The minimum atomic E-state index is -4.10. The van der Waals surface area contributed by atoms with Crippen LogP contribution in [-0.4, -0.2) is 43.8 Å². The largest absolute Gasteiger partial charge is 0.352 e. The van der Waals surface area contributed by atoms with Crippen LogP contribution in [0, 0.1) is 20.8 Å². The van der Waals surface area contributed by atoms with E-state index in [1.165, 1.54) is 4.31 Å². The fraction of sp³-hybridized carbons (Fsp3) is 0.394. The van der Waals surface area contributed by atoms with E-state index in [4.69, 9.17) is 0 Å². The number of hydrogen-bond acceptors (Lipinski definition) is 4. The Bertz CT molecular complexity index is 1450. The van der Waals surface area contributed by atoms with E-state index < -0.39 is 28.5 Å². The Balaban J connectivity index is 1.73. The Labute approximate surface area is 244 Å². The van der Waals surface area contributed by atoms with Crippen molar-refractivity contribution in [2.24, 2.45) is 0 Å². The summed E-state index contributed by atoms with van der Waals surface area (Å²) < 4.78 is 29.4. The van der Waals surface area contributed by atoms with Crippen LogP contribution in [0.5, 0.6) is 0 Å². The zero-order valence-corrected chi connectivity index (χ0v) is 25.3. The minimum Gasteiger partial charge on any atom is -0.352 e. The van der Waals surface area contributed by atoms with E-state index in [1.54, 1.807) is 35.2 Å². The van der Waals surface area contributed by atoms with Gasteiger partial charge >= 0.3 is 0 Å². The maximum absolute atomic E-state index is 14.2. The Morgan fingerprint density at radius 2 is 1.54 bits per heavy atom. The van der Waals surface area contributed by atoms with E-state index in [1.807, 2.05) is 70.2 Å². The third-order valence-electron chi connectivity index (χ3n) is 7.80. The summed E-state index contributed by atoms with van der Waals surface area (Å²) in [6, 6.07) is 21.1. The predicted molar refractivity (Wildman–Crippen MR) is 163 cm³/mol. The fourth-order valence-corrected chi connectivity index (χ4v) is 6.88. The molecule has 1 aliphatic carbocycles. The molecule has 218 valence electrons. The molecule has 0 saturated heterocycles. The minimum absolute atomic E-state index is 0.109. The highest BCUT2D eigenvalue weighted by Crippen LogP contribution is 2.29. The first-order valence-electron chi connectivity index (χ1n) is 14.4. The molecule has 0 heterocycles. The number of sulfonamides is 1. The summed E-state index contributed by atoms with van der Waals surface area (Å²) in [4.78, 5) is 29.4. The van der Waals surface area contributed by atoms with Crippen molar-refractivity contribution in [1.82, 2.24) is 10.2 Å². The quantitative estimate of drug-likeness (QED) is 0.319. The van der Waals surface area contributed by atoms with Crippen LogP contribution >= 0.6 is 0 Å². The number of rotatable bonds is 11. The summed E-state index contributed by atoms with van der Waals surface area (Å²) >= 11 is 0. The molecule has 0 bridgehead atoms. The summed E-state index contributed by atoms with van der Waals surface area (Å²) in [5, 5.41) is 3.15. The molecule has 4 rings (SSSR count). The van der Waals surface area contributed by atoms with Crippen molar-refractivity contribution in [2.45, 2.75) is 83.3 Å². The Kier molecular flexibility index (Phi) is 9.86. The van der Waals surface area contributed by atoms with Gasteiger partial charge in [0.2, 0.25) is 11.8 Å². The van der Waals surface area contributed by atoms with E-state index >= 15 is 0 Å². The highest BCUT2D eigenvalue weighted by Gasteiger charge is 2.35. The first-order valence-corrected chi connectivity index (χ1v) is 15.8. The van der Waals surface area contributed by atoms with Crippen LogP contribution in [0.1, 0.15) is 61.3 Å². The lowest BCUT2D eigenvalue weighted by atomic mass is 10.1. The van der Waals surface area contributed by atoms with Gasteiger partial charge in [-0.1, -0.05) is 79.9 Å². The van der Waals surface area contributed by atoms with Crippen molar-refractivity contribution in [3.63, 3.8) is 0 Å². The Morgan fingerprint density at radius 3 is 2.17 bits per heavy atom. The fourth-order valence-electron chi connectivity index (χ4n) is 5.41. The molecule has 0 unspecified atom stereocenters. The normalized spacial score (nSPS) is 14.4. The zero-order chi connectivity index (χ0) is 29.6. The lowest BCUT2D eigenvalue weighted by molar-refractivity contribution is -0.140. The van der Waals surface area contributed by atoms with E-state index in [-0.39, 0.29) is 23.4 Å². The maximum atomic E-state index is 14.2. The van der Waals surface area contributed by atoms with Gasteiger partial charge in [-0.05, 0) is 74.9 Å². The van der Waals surface area contributed by atoms with Gasteiger partial charge in [0.15, 0.2) is 0 Å². The summed E-state index contributed by atoms with van der Waals surface area (Å²) in [7, 11) is -4.10. The van der Waals surface area contributed by atoms with Crippen LogP contribution in [0.2, 0.25) is 0 Å². The molecule has 1 aliphatic rings. The Hall–Kier alpha value is -3.65. The summed E-state index contributed by atoms with van der Waals surface area (Å²) in [5.74, 6) is -0.623. The summed E-state index contributed by atoms with van der Waals surface area (Å²) in [6.45, 7) is 7.27. The molecule has 1 saturated carbocycles. The molecule has 41 heavy (non-hydrogen) atoms. The van der Waals surface area contributed by atoms with Gasteiger partial charge in [-0.2, -0.15) is 0 Å². The van der Waals surface area contributed by atoms with Crippen LogP contribution in [0.15, 0.2) is 77.7 Å². The van der Waals surface area contributed by atoms with Gasteiger partial charge in [0.25, 0.3) is 10.0 Å². The van der Waals surface area contributed by atoms with Gasteiger partial charge in [0.05, 0.1) is 10.6 Å². The number of carbonyl (C=O) groups is 2. The van der Waals surface area contributed by atoms with Gasteiger partial charge in [0, 0.05) is 12.6 Å². The van der Waals surface area contributed by atoms with Crippen LogP contribution < -0.4 is 9.62 Å². The first-order chi connectivity index (χ1) is 19.6. The molecule has 0 aromatic heterocycles. The number of benzene rings is 3. The van der Waals surface area contributed by atoms with Crippen LogP contribution in [-0.2, 0) is 26.2 Å². The van der Waals surface area contributed by atoms with Crippen LogP contribution in [0.3, 0.4) is 0 Å². The molecule has 8 heteroatoms. The van der Waals surface area contributed by atoms with Crippen molar-refractivity contribution < 1.29 is 18.0 Å². The van der Waals surface area contributed by atoms with Crippen LogP contribution in [0.25, 0.3) is 0 Å². The van der Waals surface area contributed by atoms with Crippen LogP contribution in [0.4, 0.5) is 5.69 Å². The predicted octanol–water partition coefficient (Wildman–Crippen LogP) is 5.67. The standard InChI is InChI=1S/C33H41N3O4S/c1-5-30(33(38)34-28-13-9-10-14-28)35(22-27-11-7-6-8-12-27)32(37)23-36(31-21-25(3)15-18-26(31)4)41(39,40)29-19-16-24(2)17-20-29/h6-8,11-12,15-21,28,30H,5,9-10,13-14,22-23H2,1-4H3,(H,34,38)/t30-/m0/s1. The SMILES string of the molecule is CC[C@@H](C(=O)NC1CCCC1)N(Cc1ccccc1)C(=O)CN(c1cc(C)ccc1C)S(=O)(=O)c1ccc(C)cc1. The maximum Gasteiger partial charge on any atom is 0.264 e. The van der Waals surface area contributed by atoms with Crippen molar-refractivity contribution >= 4 is 27.5 Å². The van der Waals surface area contributed by atoms with Gasteiger partial charge in [0.1, 0.15) is 12.6 Å². The molecule has 7 nitrogen and oxygen atoms in total. The molecule has 0 spiro atoms. The smallest absolute Gasteiger partial charge is 0.264 e. The van der Waals surface area contributed by atoms with E-state index in [0.717, 1.165) is 47.9 Å². The lowest BCUT2D eigenvalue weighted by Crippen LogP contribution is -2.53. The molecule has 1 atom stereocenters. The third-order valence-corrected chi connectivity index (χ3v) is 9.58. The Morgan fingerprint density at radius 1 is 0.902 bits per heavy atom. The lowest BCUT2D eigenvalue weighted by Gasteiger charge is -2.34. The van der Waals surface area contributed by atoms with Crippen molar-refractivity contribution in [2.75, 3.05) is 10.8 Å². The topological polar surface area (TPSA) is 86.8 Å². The molecule has 3 aromatic carbocycles. The first kappa shape index (κ1) is 30.3. The molecular weight excluding hydrogens is 534 g/mol. The molecule has 0 aliphatic heterocycles. The number of carbonyl (C=O) groups excluding carboxylic acids is 2. The van der Waals surface area contributed by atoms with E-state index in [0.29, 0.717) is 12.1 Å².